The molecule has 1 aromatic rings. The SMILES string of the molecule is O=C(NC1CCCCCC1)c1cncc(C(=O)NC2CCCCCC2)c1. The van der Waals surface area contributed by atoms with Crippen LogP contribution >= 0.6 is 0 Å². The molecule has 3 rings (SSSR count). The Bertz CT molecular complexity index is 552. The van der Waals surface area contributed by atoms with Gasteiger partial charge in [-0.05, 0) is 31.7 Å². The van der Waals surface area contributed by atoms with Gasteiger partial charge >= 0.3 is 0 Å². The van der Waals surface area contributed by atoms with E-state index < -0.39 is 0 Å². The summed E-state index contributed by atoms with van der Waals surface area (Å²) < 4.78 is 0. The van der Waals surface area contributed by atoms with E-state index in [1.165, 1.54) is 51.4 Å². The van der Waals surface area contributed by atoms with Crippen LogP contribution in [0.1, 0.15) is 97.8 Å². The van der Waals surface area contributed by atoms with Gasteiger partial charge in [-0.25, -0.2) is 0 Å². The van der Waals surface area contributed by atoms with E-state index in [1.54, 1.807) is 18.5 Å². The van der Waals surface area contributed by atoms with Crippen molar-refractivity contribution in [3.8, 4) is 0 Å². The lowest BCUT2D eigenvalue weighted by Crippen LogP contribution is -2.36. The first kappa shape index (κ1) is 18.9. The number of pyridine rings is 1. The summed E-state index contributed by atoms with van der Waals surface area (Å²) in [5.41, 5.74) is 0.950. The first-order chi connectivity index (χ1) is 12.7. The number of nitrogens with zero attached hydrogens (tertiary/aromatic N) is 1. The molecule has 0 saturated heterocycles. The van der Waals surface area contributed by atoms with Crippen LogP contribution in [0, 0.1) is 0 Å². The molecule has 0 unspecified atom stereocenters. The fraction of sp³-hybridized carbons (Fsp3) is 0.667. The Morgan fingerprint density at radius 3 is 1.46 bits per heavy atom. The maximum Gasteiger partial charge on any atom is 0.253 e. The van der Waals surface area contributed by atoms with Crippen molar-refractivity contribution in [3.63, 3.8) is 0 Å². The third-order valence-electron chi connectivity index (χ3n) is 5.64. The van der Waals surface area contributed by atoms with E-state index in [0.717, 1.165) is 25.7 Å². The van der Waals surface area contributed by atoms with E-state index in [1.807, 2.05) is 0 Å². The maximum absolute atomic E-state index is 12.6. The van der Waals surface area contributed by atoms with Crippen molar-refractivity contribution in [2.75, 3.05) is 0 Å². The van der Waals surface area contributed by atoms with Gasteiger partial charge < -0.3 is 10.6 Å². The van der Waals surface area contributed by atoms with Crippen molar-refractivity contribution in [3.05, 3.63) is 29.6 Å². The molecular formula is C21H31N3O2. The fourth-order valence-corrected chi connectivity index (χ4v) is 4.07. The van der Waals surface area contributed by atoms with Gasteiger partial charge in [0, 0.05) is 24.5 Å². The molecule has 2 saturated carbocycles. The zero-order valence-electron chi connectivity index (χ0n) is 15.6. The summed E-state index contributed by atoms with van der Waals surface area (Å²) in [6.45, 7) is 0. The molecule has 1 heterocycles. The minimum atomic E-state index is -0.117. The van der Waals surface area contributed by atoms with Crippen LogP contribution in [0.5, 0.6) is 0 Å². The molecule has 2 aliphatic rings. The van der Waals surface area contributed by atoms with Gasteiger partial charge in [-0.15, -0.1) is 0 Å². The number of carbonyl (C=O) groups excluding carboxylic acids is 2. The van der Waals surface area contributed by atoms with Gasteiger partial charge in [0.1, 0.15) is 0 Å². The highest BCUT2D eigenvalue weighted by Crippen LogP contribution is 2.19. The lowest BCUT2D eigenvalue weighted by molar-refractivity contribution is 0.0932. The van der Waals surface area contributed by atoms with Crippen molar-refractivity contribution in [1.82, 2.24) is 15.6 Å². The van der Waals surface area contributed by atoms with Crippen LogP contribution in [0.4, 0.5) is 0 Å². The van der Waals surface area contributed by atoms with Crippen LogP contribution < -0.4 is 10.6 Å². The molecule has 0 bridgehead atoms. The van der Waals surface area contributed by atoms with Gasteiger partial charge in [0.15, 0.2) is 0 Å². The predicted molar refractivity (Wildman–Crippen MR) is 102 cm³/mol. The van der Waals surface area contributed by atoms with Crippen molar-refractivity contribution in [1.29, 1.82) is 0 Å². The lowest BCUT2D eigenvalue weighted by atomic mass is 10.1. The molecule has 2 amide bonds. The number of hydrogen-bond donors (Lipinski definition) is 2. The normalized spacial score (nSPS) is 20.0. The highest BCUT2D eigenvalue weighted by atomic mass is 16.2. The molecule has 0 radical (unpaired) electrons. The third kappa shape index (κ3) is 5.55. The molecular weight excluding hydrogens is 326 g/mol. The molecule has 142 valence electrons. The summed E-state index contributed by atoms with van der Waals surface area (Å²) in [7, 11) is 0. The van der Waals surface area contributed by atoms with Crippen molar-refractivity contribution < 1.29 is 9.59 Å². The monoisotopic (exact) mass is 357 g/mol. The van der Waals surface area contributed by atoms with Crippen LogP contribution in [-0.2, 0) is 0 Å². The van der Waals surface area contributed by atoms with Crippen LogP contribution in [-0.4, -0.2) is 28.9 Å². The van der Waals surface area contributed by atoms with Gasteiger partial charge in [0.25, 0.3) is 11.8 Å². The Morgan fingerprint density at radius 2 is 1.08 bits per heavy atom. The van der Waals surface area contributed by atoms with Crippen LogP contribution in [0.2, 0.25) is 0 Å². The minimum Gasteiger partial charge on any atom is -0.349 e. The van der Waals surface area contributed by atoms with Crippen molar-refractivity contribution >= 4 is 11.8 Å². The van der Waals surface area contributed by atoms with Gasteiger partial charge in [0.05, 0.1) is 11.1 Å². The first-order valence-electron chi connectivity index (χ1n) is 10.3. The number of hydrogen-bond acceptors (Lipinski definition) is 3. The summed E-state index contributed by atoms with van der Waals surface area (Å²) in [4.78, 5) is 29.2. The molecule has 0 spiro atoms. The summed E-state index contributed by atoms with van der Waals surface area (Å²) in [5, 5.41) is 6.24. The van der Waals surface area contributed by atoms with Crippen LogP contribution in [0.15, 0.2) is 18.5 Å². The molecule has 26 heavy (non-hydrogen) atoms. The van der Waals surface area contributed by atoms with E-state index in [-0.39, 0.29) is 23.9 Å². The number of nitrogens with one attached hydrogen (secondary N) is 2. The Kier molecular flexibility index (Phi) is 7.04. The molecule has 2 N–H and O–H groups in total. The first-order valence-corrected chi connectivity index (χ1v) is 10.3. The van der Waals surface area contributed by atoms with Gasteiger partial charge in [-0.1, -0.05) is 51.4 Å². The van der Waals surface area contributed by atoms with Crippen LogP contribution in [0.25, 0.3) is 0 Å². The number of aromatic nitrogens is 1. The zero-order valence-corrected chi connectivity index (χ0v) is 15.6. The second-order valence-corrected chi connectivity index (χ2v) is 7.79. The number of rotatable bonds is 4. The largest absolute Gasteiger partial charge is 0.349 e. The smallest absolute Gasteiger partial charge is 0.253 e. The number of amides is 2. The van der Waals surface area contributed by atoms with E-state index in [4.69, 9.17) is 0 Å². The van der Waals surface area contributed by atoms with Crippen molar-refractivity contribution in [2.24, 2.45) is 0 Å². The summed E-state index contributed by atoms with van der Waals surface area (Å²) in [6.07, 6.45) is 17.0. The second-order valence-electron chi connectivity index (χ2n) is 7.79. The highest BCUT2D eigenvalue weighted by Gasteiger charge is 2.19. The van der Waals surface area contributed by atoms with Crippen LogP contribution in [0.3, 0.4) is 0 Å². The molecule has 5 heteroatoms. The quantitative estimate of drug-likeness (QED) is 0.801. The van der Waals surface area contributed by atoms with Gasteiger partial charge in [-0.2, -0.15) is 0 Å². The average Bonchev–Trinajstić information content (AvgIpc) is 3.07. The second kappa shape index (κ2) is 9.70. The van der Waals surface area contributed by atoms with E-state index in [0.29, 0.717) is 11.1 Å². The Hall–Kier alpha value is -1.91. The summed E-state index contributed by atoms with van der Waals surface area (Å²) in [6, 6.07) is 2.16. The Morgan fingerprint density at radius 1 is 0.692 bits per heavy atom. The molecule has 1 aromatic heterocycles. The van der Waals surface area contributed by atoms with E-state index in [2.05, 4.69) is 15.6 Å². The topological polar surface area (TPSA) is 71.1 Å². The molecule has 0 aromatic carbocycles. The lowest BCUT2D eigenvalue weighted by Gasteiger charge is -2.17. The number of carbonyl (C=O) groups is 2. The molecule has 0 atom stereocenters. The predicted octanol–water partition coefficient (Wildman–Crippen LogP) is 3.99. The Labute approximate surface area is 156 Å². The van der Waals surface area contributed by atoms with Crippen molar-refractivity contribution in [2.45, 2.75) is 89.1 Å². The maximum atomic E-state index is 12.6. The molecule has 5 nitrogen and oxygen atoms in total. The summed E-state index contributed by atoms with van der Waals surface area (Å²) in [5.74, 6) is -0.234. The Balaban J connectivity index is 1.59. The summed E-state index contributed by atoms with van der Waals surface area (Å²) >= 11 is 0. The molecule has 2 fully saturated rings. The molecule has 2 aliphatic carbocycles. The zero-order chi connectivity index (χ0) is 18.2. The molecule has 0 aliphatic heterocycles. The highest BCUT2D eigenvalue weighted by molar-refractivity contribution is 5.99. The van der Waals surface area contributed by atoms with Gasteiger partial charge in [0.2, 0.25) is 0 Å². The fourth-order valence-electron chi connectivity index (χ4n) is 4.07. The van der Waals surface area contributed by atoms with E-state index in [9.17, 15) is 9.59 Å². The van der Waals surface area contributed by atoms with Gasteiger partial charge in [-0.3, -0.25) is 14.6 Å². The average molecular weight is 357 g/mol. The minimum absolute atomic E-state index is 0.117. The standard InChI is InChI=1S/C21H31N3O2/c25-20(23-18-9-5-1-2-6-10-18)16-13-17(15-22-14-16)21(26)24-19-11-7-3-4-8-12-19/h13-15,18-19H,1-12H2,(H,23,25)(H,24,26). The third-order valence-corrected chi connectivity index (χ3v) is 5.64. The van der Waals surface area contributed by atoms with E-state index >= 15 is 0 Å².